The summed E-state index contributed by atoms with van der Waals surface area (Å²) in [4.78, 5) is 13.3. The number of carbonyl (C=O) groups excluding carboxylic acids is 1. The molecule has 1 aliphatic rings. The highest BCUT2D eigenvalue weighted by molar-refractivity contribution is 7.90. The average molecular weight is 274 g/mol. The lowest BCUT2D eigenvalue weighted by molar-refractivity contribution is -0.133. The fourth-order valence-corrected chi connectivity index (χ4v) is 3.17. The van der Waals surface area contributed by atoms with Crippen LogP contribution in [0.1, 0.15) is 6.92 Å². The van der Waals surface area contributed by atoms with Crippen LogP contribution >= 0.6 is 0 Å². The van der Waals surface area contributed by atoms with Gasteiger partial charge in [0.05, 0.1) is 6.07 Å². The summed E-state index contributed by atoms with van der Waals surface area (Å²) >= 11 is 0. The molecule has 0 aromatic carbocycles. The Morgan fingerprint density at radius 1 is 1.56 bits per heavy atom. The zero-order valence-corrected chi connectivity index (χ0v) is 11.6. The lowest BCUT2D eigenvalue weighted by Gasteiger charge is -2.35. The molecule has 0 aliphatic carbocycles. The maximum atomic E-state index is 12.2. The van der Waals surface area contributed by atoms with Crippen molar-refractivity contribution in [1.29, 1.82) is 5.26 Å². The van der Waals surface area contributed by atoms with E-state index in [1.165, 1.54) is 11.8 Å². The standard InChI is InChI=1S/C10H18N4O3S/c1-8(6-11)18(16,17)14-5-4-12-7-9(14)10(15)13(2)3/h8-9,12H,4-5,7H2,1-3H3. The fraction of sp³-hybridized carbons (Fsp3) is 0.800. The first kappa shape index (κ1) is 14.9. The maximum Gasteiger partial charge on any atom is 0.241 e. The minimum absolute atomic E-state index is 0.207. The summed E-state index contributed by atoms with van der Waals surface area (Å²) in [5, 5.41) is 10.6. The molecule has 0 spiro atoms. The first-order valence-electron chi connectivity index (χ1n) is 5.64. The van der Waals surface area contributed by atoms with Gasteiger partial charge in [-0.05, 0) is 6.92 Å². The van der Waals surface area contributed by atoms with Crippen LogP contribution in [-0.2, 0) is 14.8 Å². The second-order valence-corrected chi connectivity index (χ2v) is 6.59. The number of likely N-dealkylation sites (N-methyl/N-ethyl adjacent to an activating group) is 1. The molecule has 1 saturated heterocycles. The van der Waals surface area contributed by atoms with Gasteiger partial charge in [-0.15, -0.1) is 0 Å². The monoisotopic (exact) mass is 274 g/mol. The minimum Gasteiger partial charge on any atom is -0.347 e. The van der Waals surface area contributed by atoms with E-state index in [1.54, 1.807) is 20.2 Å². The molecule has 0 saturated carbocycles. The number of nitrogens with one attached hydrogen (secondary N) is 1. The van der Waals surface area contributed by atoms with Crippen LogP contribution in [0.15, 0.2) is 0 Å². The van der Waals surface area contributed by atoms with Gasteiger partial charge in [-0.1, -0.05) is 0 Å². The predicted octanol–water partition coefficient (Wildman–Crippen LogP) is -1.41. The van der Waals surface area contributed by atoms with Crippen molar-refractivity contribution in [3.8, 4) is 6.07 Å². The summed E-state index contributed by atoms with van der Waals surface area (Å²) in [5.74, 6) is -0.282. The smallest absolute Gasteiger partial charge is 0.241 e. The third-order valence-electron chi connectivity index (χ3n) is 2.88. The summed E-state index contributed by atoms with van der Waals surface area (Å²) in [7, 11) is -0.597. The van der Waals surface area contributed by atoms with Crippen LogP contribution in [-0.4, -0.2) is 68.6 Å². The van der Waals surface area contributed by atoms with E-state index in [4.69, 9.17) is 5.26 Å². The number of piperazine rings is 1. The van der Waals surface area contributed by atoms with E-state index in [0.29, 0.717) is 6.54 Å². The van der Waals surface area contributed by atoms with Gasteiger partial charge < -0.3 is 10.2 Å². The topological polar surface area (TPSA) is 93.5 Å². The van der Waals surface area contributed by atoms with Gasteiger partial charge in [0.2, 0.25) is 15.9 Å². The summed E-state index contributed by atoms with van der Waals surface area (Å²) in [6.07, 6.45) is 0. The normalized spacial score (nSPS) is 23.1. The van der Waals surface area contributed by atoms with Crippen LogP contribution in [0.4, 0.5) is 0 Å². The number of rotatable bonds is 3. The lowest BCUT2D eigenvalue weighted by atomic mass is 10.2. The highest BCUT2D eigenvalue weighted by Gasteiger charge is 2.40. The molecule has 18 heavy (non-hydrogen) atoms. The number of hydrogen-bond acceptors (Lipinski definition) is 5. The molecule has 1 N–H and O–H groups in total. The minimum atomic E-state index is -3.76. The SMILES string of the molecule is CC(C#N)S(=O)(=O)N1CCNCC1C(=O)N(C)C. The number of nitrogens with zero attached hydrogens (tertiary/aromatic N) is 3. The van der Waals surface area contributed by atoms with Gasteiger partial charge in [0.1, 0.15) is 6.04 Å². The number of hydrogen-bond donors (Lipinski definition) is 1. The Kier molecular flexibility index (Phi) is 4.67. The molecule has 1 fully saturated rings. The van der Waals surface area contributed by atoms with Crippen LogP contribution in [0.2, 0.25) is 0 Å². The number of amides is 1. The number of nitriles is 1. The second-order valence-electron chi connectivity index (χ2n) is 4.38. The van der Waals surface area contributed by atoms with Gasteiger partial charge >= 0.3 is 0 Å². The van der Waals surface area contributed by atoms with Crippen molar-refractivity contribution >= 4 is 15.9 Å². The van der Waals surface area contributed by atoms with Gasteiger partial charge in [0.25, 0.3) is 0 Å². The Morgan fingerprint density at radius 2 is 2.17 bits per heavy atom. The van der Waals surface area contributed by atoms with Crippen molar-refractivity contribution in [3.05, 3.63) is 0 Å². The molecular formula is C10H18N4O3S. The van der Waals surface area contributed by atoms with Gasteiger partial charge in [0.15, 0.2) is 5.25 Å². The zero-order chi connectivity index (χ0) is 13.9. The average Bonchev–Trinajstić information content (AvgIpc) is 2.36. The highest BCUT2D eigenvalue weighted by atomic mass is 32.2. The summed E-state index contributed by atoms with van der Waals surface area (Å²) in [6.45, 7) is 2.29. The van der Waals surface area contributed by atoms with Crippen molar-refractivity contribution in [3.63, 3.8) is 0 Å². The van der Waals surface area contributed by atoms with Gasteiger partial charge in [-0.25, -0.2) is 8.42 Å². The molecule has 1 aliphatic heterocycles. The molecule has 0 radical (unpaired) electrons. The molecular weight excluding hydrogens is 256 g/mol. The van der Waals surface area contributed by atoms with Crippen LogP contribution in [0.25, 0.3) is 0 Å². The Morgan fingerprint density at radius 3 is 2.67 bits per heavy atom. The molecule has 2 atom stereocenters. The molecule has 7 nitrogen and oxygen atoms in total. The molecule has 102 valence electrons. The highest BCUT2D eigenvalue weighted by Crippen LogP contribution is 2.15. The van der Waals surface area contributed by atoms with E-state index in [-0.39, 0.29) is 19.0 Å². The molecule has 0 aromatic rings. The van der Waals surface area contributed by atoms with Crippen LogP contribution in [0.3, 0.4) is 0 Å². The van der Waals surface area contributed by atoms with Crippen LogP contribution in [0, 0.1) is 11.3 Å². The van der Waals surface area contributed by atoms with Crippen LogP contribution in [0.5, 0.6) is 0 Å². The summed E-state index contributed by atoms with van der Waals surface area (Å²) < 4.78 is 25.5. The molecule has 1 amide bonds. The number of carbonyl (C=O) groups is 1. The molecule has 1 heterocycles. The van der Waals surface area contributed by atoms with Crippen molar-refractivity contribution in [2.24, 2.45) is 0 Å². The molecule has 1 rings (SSSR count). The third kappa shape index (κ3) is 2.80. The Hall–Kier alpha value is -1.17. The Balaban J connectivity index is 3.04. The molecule has 8 heteroatoms. The number of sulfonamides is 1. The second kappa shape index (κ2) is 5.65. The molecule has 0 aromatic heterocycles. The first-order chi connectivity index (χ1) is 8.32. The van der Waals surface area contributed by atoms with E-state index >= 15 is 0 Å². The first-order valence-corrected chi connectivity index (χ1v) is 7.15. The van der Waals surface area contributed by atoms with E-state index in [2.05, 4.69) is 5.32 Å². The molecule has 2 unspecified atom stereocenters. The zero-order valence-electron chi connectivity index (χ0n) is 10.8. The quantitative estimate of drug-likeness (QED) is 0.682. The van der Waals surface area contributed by atoms with Crippen molar-refractivity contribution in [2.45, 2.75) is 18.2 Å². The van der Waals surface area contributed by atoms with Gasteiger partial charge in [0, 0.05) is 33.7 Å². The Bertz CT molecular complexity index is 454. The fourth-order valence-electron chi connectivity index (χ4n) is 1.77. The third-order valence-corrected chi connectivity index (χ3v) is 4.97. The van der Waals surface area contributed by atoms with Gasteiger partial charge in [-0.2, -0.15) is 9.57 Å². The van der Waals surface area contributed by atoms with E-state index < -0.39 is 21.3 Å². The van der Waals surface area contributed by atoms with E-state index in [0.717, 1.165) is 4.31 Å². The lowest BCUT2D eigenvalue weighted by Crippen LogP contribution is -2.60. The van der Waals surface area contributed by atoms with Crippen molar-refractivity contribution in [2.75, 3.05) is 33.7 Å². The Labute approximate surface area is 107 Å². The maximum absolute atomic E-state index is 12.2. The summed E-state index contributed by atoms with van der Waals surface area (Å²) in [5.41, 5.74) is 0. The van der Waals surface area contributed by atoms with Crippen molar-refractivity contribution < 1.29 is 13.2 Å². The van der Waals surface area contributed by atoms with Gasteiger partial charge in [-0.3, -0.25) is 4.79 Å². The van der Waals surface area contributed by atoms with Crippen LogP contribution < -0.4 is 5.32 Å². The summed E-state index contributed by atoms with van der Waals surface area (Å²) in [6, 6.07) is 0.947. The van der Waals surface area contributed by atoms with E-state index in [1.807, 2.05) is 0 Å². The van der Waals surface area contributed by atoms with Crippen molar-refractivity contribution in [1.82, 2.24) is 14.5 Å². The predicted molar refractivity (Wildman–Crippen MR) is 66.1 cm³/mol. The largest absolute Gasteiger partial charge is 0.347 e. The molecule has 0 bridgehead atoms. The van der Waals surface area contributed by atoms with E-state index in [9.17, 15) is 13.2 Å².